The molecule has 0 amide bonds. The quantitative estimate of drug-likeness (QED) is 0.762. The van der Waals surface area contributed by atoms with Crippen molar-refractivity contribution in [2.75, 3.05) is 31.6 Å². The Labute approximate surface area is 101 Å². The van der Waals surface area contributed by atoms with Gasteiger partial charge in [-0.1, -0.05) is 0 Å². The van der Waals surface area contributed by atoms with E-state index in [9.17, 15) is 4.39 Å². The van der Waals surface area contributed by atoms with Gasteiger partial charge in [0.25, 0.3) is 0 Å². The molecule has 2 N–H and O–H groups in total. The minimum Gasteiger partial charge on any atom is -0.382 e. The number of nitrogens with one attached hydrogen (secondary N) is 2. The van der Waals surface area contributed by atoms with Crippen molar-refractivity contribution in [1.82, 2.24) is 10.3 Å². The summed E-state index contributed by atoms with van der Waals surface area (Å²) in [6.45, 7) is 3.32. The topological polar surface area (TPSA) is 46.2 Å². The first-order valence-electron chi connectivity index (χ1n) is 6.00. The van der Waals surface area contributed by atoms with E-state index in [1.807, 2.05) is 0 Å². The van der Waals surface area contributed by atoms with Crippen molar-refractivity contribution in [2.45, 2.75) is 18.9 Å². The highest BCUT2D eigenvalue weighted by molar-refractivity contribution is 5.40. The van der Waals surface area contributed by atoms with Gasteiger partial charge in [-0.25, -0.2) is 4.39 Å². The minimum absolute atomic E-state index is 0.313. The maximum atomic E-state index is 12.8. The minimum atomic E-state index is -0.313. The van der Waals surface area contributed by atoms with Crippen LogP contribution in [0, 0.1) is 5.82 Å². The molecular formula is C12H18FN3O. The summed E-state index contributed by atoms with van der Waals surface area (Å²) in [6, 6.07) is 2.00. The summed E-state index contributed by atoms with van der Waals surface area (Å²) in [6.07, 6.45) is 4.96. The third-order valence-electron chi connectivity index (χ3n) is 2.81. The van der Waals surface area contributed by atoms with E-state index in [1.165, 1.54) is 12.3 Å². The number of anilines is 1. The van der Waals surface area contributed by atoms with Crippen molar-refractivity contribution in [2.24, 2.45) is 0 Å². The molecule has 0 aromatic carbocycles. The van der Waals surface area contributed by atoms with Crippen molar-refractivity contribution < 1.29 is 9.13 Å². The maximum absolute atomic E-state index is 12.8. The van der Waals surface area contributed by atoms with E-state index in [0.29, 0.717) is 6.04 Å². The molecule has 2 heterocycles. The molecule has 1 aliphatic rings. The zero-order valence-corrected chi connectivity index (χ0v) is 9.79. The first-order valence-corrected chi connectivity index (χ1v) is 6.00. The molecule has 0 radical (unpaired) electrons. The van der Waals surface area contributed by atoms with Gasteiger partial charge in [0.05, 0.1) is 18.1 Å². The van der Waals surface area contributed by atoms with Gasteiger partial charge < -0.3 is 15.4 Å². The average molecular weight is 239 g/mol. The second-order valence-electron chi connectivity index (χ2n) is 4.16. The van der Waals surface area contributed by atoms with Gasteiger partial charge in [0.15, 0.2) is 0 Å². The molecule has 17 heavy (non-hydrogen) atoms. The summed E-state index contributed by atoms with van der Waals surface area (Å²) in [7, 11) is 0. The summed E-state index contributed by atoms with van der Waals surface area (Å²) < 4.78 is 18.1. The predicted octanol–water partition coefficient (Wildman–Crippen LogP) is 1.40. The first kappa shape index (κ1) is 12.3. The van der Waals surface area contributed by atoms with Gasteiger partial charge in [-0.2, -0.15) is 0 Å². The second-order valence-corrected chi connectivity index (χ2v) is 4.16. The molecule has 0 saturated carbocycles. The summed E-state index contributed by atoms with van der Waals surface area (Å²) in [4.78, 5) is 3.78. The van der Waals surface area contributed by atoms with Crippen LogP contribution in [0.1, 0.15) is 12.8 Å². The molecule has 4 nitrogen and oxygen atoms in total. The van der Waals surface area contributed by atoms with Crippen LogP contribution in [0.25, 0.3) is 0 Å². The molecule has 1 aliphatic heterocycles. The van der Waals surface area contributed by atoms with E-state index in [1.54, 1.807) is 6.20 Å². The molecule has 1 aromatic heterocycles. The van der Waals surface area contributed by atoms with E-state index in [0.717, 1.165) is 44.8 Å². The van der Waals surface area contributed by atoms with E-state index >= 15 is 0 Å². The first-order chi connectivity index (χ1) is 8.34. The van der Waals surface area contributed by atoms with Crippen LogP contribution in [0.3, 0.4) is 0 Å². The van der Waals surface area contributed by atoms with E-state index in [4.69, 9.17) is 4.74 Å². The summed E-state index contributed by atoms with van der Waals surface area (Å²) in [5.41, 5.74) is 0.721. The number of rotatable bonds is 5. The molecule has 2 rings (SSSR count). The number of ether oxygens (including phenoxy) is 1. The van der Waals surface area contributed by atoms with Gasteiger partial charge >= 0.3 is 0 Å². The molecule has 5 heteroatoms. The summed E-state index contributed by atoms with van der Waals surface area (Å²) in [5, 5.41) is 6.58. The molecule has 0 aliphatic carbocycles. The van der Waals surface area contributed by atoms with Crippen molar-refractivity contribution in [3.8, 4) is 0 Å². The van der Waals surface area contributed by atoms with Gasteiger partial charge in [-0.05, 0) is 12.8 Å². The normalized spacial score (nSPS) is 17.0. The lowest BCUT2D eigenvalue weighted by molar-refractivity contribution is 0.0784. The highest BCUT2D eigenvalue weighted by Gasteiger charge is 2.11. The van der Waals surface area contributed by atoms with Gasteiger partial charge in [0.2, 0.25) is 0 Å². The lowest BCUT2D eigenvalue weighted by atomic mass is 10.1. The average Bonchev–Trinajstić information content (AvgIpc) is 2.36. The second kappa shape index (κ2) is 6.51. The Morgan fingerprint density at radius 3 is 2.88 bits per heavy atom. The number of pyridine rings is 1. The Morgan fingerprint density at radius 1 is 1.29 bits per heavy atom. The molecule has 1 saturated heterocycles. The Bertz CT molecular complexity index is 342. The molecule has 94 valence electrons. The van der Waals surface area contributed by atoms with Crippen molar-refractivity contribution >= 4 is 5.69 Å². The third-order valence-corrected chi connectivity index (χ3v) is 2.81. The Balaban J connectivity index is 1.62. The van der Waals surface area contributed by atoms with E-state index in [-0.39, 0.29) is 5.82 Å². The Hall–Kier alpha value is -1.20. The van der Waals surface area contributed by atoms with Crippen molar-refractivity contribution in [3.63, 3.8) is 0 Å². The van der Waals surface area contributed by atoms with E-state index in [2.05, 4.69) is 15.6 Å². The lowest BCUT2D eigenvalue weighted by Gasteiger charge is -2.23. The predicted molar refractivity (Wildman–Crippen MR) is 64.5 cm³/mol. The molecule has 0 unspecified atom stereocenters. The van der Waals surface area contributed by atoms with Crippen LogP contribution < -0.4 is 10.6 Å². The number of halogens is 1. The molecule has 1 fully saturated rings. The van der Waals surface area contributed by atoms with Crippen molar-refractivity contribution in [3.05, 3.63) is 24.3 Å². The van der Waals surface area contributed by atoms with E-state index < -0.39 is 0 Å². The van der Waals surface area contributed by atoms with Crippen LogP contribution >= 0.6 is 0 Å². The number of aromatic nitrogens is 1. The highest BCUT2D eigenvalue weighted by atomic mass is 19.1. The largest absolute Gasteiger partial charge is 0.382 e. The molecule has 0 spiro atoms. The SMILES string of the molecule is Fc1cncc(NCCNC2CCOCC2)c1. The zero-order valence-electron chi connectivity index (χ0n) is 9.79. The Kier molecular flexibility index (Phi) is 4.70. The van der Waals surface area contributed by atoms with Gasteiger partial charge in [0, 0.05) is 38.4 Å². The fraction of sp³-hybridized carbons (Fsp3) is 0.583. The van der Waals surface area contributed by atoms with Crippen LogP contribution in [0.4, 0.5) is 10.1 Å². The van der Waals surface area contributed by atoms with Crippen LogP contribution in [0.5, 0.6) is 0 Å². The van der Waals surface area contributed by atoms with Gasteiger partial charge in [-0.15, -0.1) is 0 Å². The molecular weight excluding hydrogens is 221 g/mol. The number of hydrogen-bond acceptors (Lipinski definition) is 4. The van der Waals surface area contributed by atoms with Crippen LogP contribution in [0.2, 0.25) is 0 Å². The number of nitrogens with zero attached hydrogens (tertiary/aromatic N) is 1. The third kappa shape index (κ3) is 4.28. The molecule has 1 aromatic rings. The van der Waals surface area contributed by atoms with Crippen LogP contribution in [-0.2, 0) is 4.74 Å². The molecule has 0 atom stereocenters. The summed E-state index contributed by atoms with van der Waals surface area (Å²) >= 11 is 0. The Morgan fingerprint density at radius 2 is 2.12 bits per heavy atom. The number of hydrogen-bond donors (Lipinski definition) is 2. The van der Waals surface area contributed by atoms with Crippen LogP contribution in [0.15, 0.2) is 18.5 Å². The smallest absolute Gasteiger partial charge is 0.143 e. The highest BCUT2D eigenvalue weighted by Crippen LogP contribution is 2.07. The lowest BCUT2D eigenvalue weighted by Crippen LogP contribution is -2.37. The fourth-order valence-electron chi connectivity index (χ4n) is 1.89. The monoisotopic (exact) mass is 239 g/mol. The van der Waals surface area contributed by atoms with Gasteiger partial charge in [0.1, 0.15) is 5.82 Å². The standard InChI is InChI=1S/C12H18FN3O/c13-10-7-12(9-14-8-10)16-4-3-15-11-1-5-17-6-2-11/h7-9,11,15-16H,1-6H2. The van der Waals surface area contributed by atoms with Crippen molar-refractivity contribution in [1.29, 1.82) is 0 Å². The summed E-state index contributed by atoms with van der Waals surface area (Å²) in [5.74, 6) is -0.313. The van der Waals surface area contributed by atoms with Crippen LogP contribution in [-0.4, -0.2) is 37.3 Å². The maximum Gasteiger partial charge on any atom is 0.143 e. The van der Waals surface area contributed by atoms with Gasteiger partial charge in [-0.3, -0.25) is 4.98 Å². The fourth-order valence-corrected chi connectivity index (χ4v) is 1.89. The zero-order chi connectivity index (χ0) is 11.9. The molecule has 0 bridgehead atoms.